The number of hydrogen-bond acceptors (Lipinski definition) is 5. The first-order valence-electron chi connectivity index (χ1n) is 14.4. The molecule has 0 aromatic heterocycles. The maximum absolute atomic E-state index is 13.6. The Morgan fingerprint density at radius 1 is 1.00 bits per heavy atom. The van der Waals surface area contributed by atoms with Crippen molar-refractivity contribution in [2.24, 2.45) is 5.73 Å². The summed E-state index contributed by atoms with van der Waals surface area (Å²) in [7, 11) is -0.402. The highest BCUT2D eigenvalue weighted by Gasteiger charge is 2.46. The number of hydrogen-bond donors (Lipinski definition) is 2. The highest BCUT2D eigenvalue weighted by molar-refractivity contribution is 6.79. The van der Waals surface area contributed by atoms with Crippen molar-refractivity contribution in [3.63, 3.8) is 0 Å². The Hall–Kier alpha value is -3.75. The first kappa shape index (κ1) is 28.8. The third-order valence-electron chi connectivity index (χ3n) is 8.36. The molecule has 1 aliphatic heterocycles. The minimum atomic E-state index is -1.77. The van der Waals surface area contributed by atoms with Crippen LogP contribution in [-0.4, -0.2) is 56.1 Å². The van der Waals surface area contributed by atoms with Gasteiger partial charge in [-0.3, -0.25) is 9.59 Å². The van der Waals surface area contributed by atoms with Crippen molar-refractivity contribution in [2.45, 2.75) is 62.9 Å². The van der Waals surface area contributed by atoms with Crippen LogP contribution in [0, 0.1) is 0 Å². The second kappa shape index (κ2) is 12.0. The smallest absolute Gasteiger partial charge is 0.337 e. The predicted octanol–water partition coefficient (Wildman–Crippen LogP) is 4.66. The first-order valence-corrected chi connectivity index (χ1v) is 17.8. The fourth-order valence-corrected chi connectivity index (χ4v) is 9.09. The summed E-state index contributed by atoms with van der Waals surface area (Å²) in [6, 6.07) is 23.0. The number of nitrogens with zero attached hydrogens (tertiary/aromatic N) is 1. The number of ether oxygens (including phenoxy) is 1. The van der Waals surface area contributed by atoms with E-state index in [1.165, 1.54) is 18.2 Å². The molecule has 2 aliphatic rings. The van der Waals surface area contributed by atoms with Gasteiger partial charge in [-0.15, -0.1) is 0 Å². The van der Waals surface area contributed by atoms with Crippen LogP contribution in [0.15, 0.2) is 72.8 Å². The van der Waals surface area contributed by atoms with E-state index in [0.29, 0.717) is 18.2 Å². The van der Waals surface area contributed by atoms with Crippen LogP contribution in [0.4, 0.5) is 0 Å². The standard InChI is InChI=1S/C33H39N3O4Si/c1-40-33(39)26-17-15-24(16-18-26)23-13-11-22(12-14-23)19-28(34)32(38)36-21-41(2,3)20-30(36)31(37)35-29-10-6-8-25-7-4-5-9-27(25)29/h4-5,7,9,11-18,28-30H,6,8,10,19-21,34H2,1-3H3,(H,35,37)/t28?,29?,30-/m0/s1. The van der Waals surface area contributed by atoms with Gasteiger partial charge in [0, 0.05) is 6.17 Å². The van der Waals surface area contributed by atoms with Gasteiger partial charge in [0.15, 0.2) is 0 Å². The molecule has 1 fully saturated rings. The van der Waals surface area contributed by atoms with Gasteiger partial charge in [0.1, 0.15) is 6.04 Å². The molecule has 2 amide bonds. The quantitative estimate of drug-likeness (QED) is 0.318. The van der Waals surface area contributed by atoms with Crippen molar-refractivity contribution in [3.05, 3.63) is 95.1 Å². The SMILES string of the molecule is COC(=O)c1ccc(-c2ccc(CC(N)C(=O)N3C[Si](C)(C)C[C@H]3C(=O)NC3CCCc4ccccc43)cc2)cc1. The van der Waals surface area contributed by atoms with Crippen LogP contribution in [0.3, 0.4) is 0 Å². The van der Waals surface area contributed by atoms with Crippen molar-refractivity contribution in [1.82, 2.24) is 10.2 Å². The molecule has 7 nitrogen and oxygen atoms in total. The van der Waals surface area contributed by atoms with Crippen LogP contribution in [0.2, 0.25) is 19.1 Å². The molecule has 0 spiro atoms. The molecule has 41 heavy (non-hydrogen) atoms. The van der Waals surface area contributed by atoms with Gasteiger partial charge >= 0.3 is 5.97 Å². The number of rotatable bonds is 7. The maximum Gasteiger partial charge on any atom is 0.337 e. The van der Waals surface area contributed by atoms with Crippen molar-refractivity contribution >= 4 is 25.9 Å². The van der Waals surface area contributed by atoms with E-state index in [4.69, 9.17) is 10.5 Å². The van der Waals surface area contributed by atoms with Crippen LogP contribution in [0.25, 0.3) is 11.1 Å². The molecular formula is C33H39N3O4Si. The topological polar surface area (TPSA) is 102 Å². The molecule has 214 valence electrons. The van der Waals surface area contributed by atoms with Gasteiger partial charge in [0.25, 0.3) is 0 Å². The van der Waals surface area contributed by atoms with Crippen LogP contribution >= 0.6 is 0 Å². The van der Waals surface area contributed by atoms with Crippen LogP contribution in [0.1, 0.15) is 45.9 Å². The number of carbonyl (C=O) groups is 3. The second-order valence-corrected chi connectivity index (χ2v) is 17.1. The molecule has 0 bridgehead atoms. The monoisotopic (exact) mass is 569 g/mol. The zero-order valence-electron chi connectivity index (χ0n) is 24.1. The van der Waals surface area contributed by atoms with E-state index in [1.54, 1.807) is 17.0 Å². The molecule has 2 unspecified atom stereocenters. The Bertz CT molecular complexity index is 1420. The molecule has 1 saturated heterocycles. The fraction of sp³-hybridized carbons (Fsp3) is 0.364. The maximum atomic E-state index is 13.6. The number of carbonyl (C=O) groups excluding carboxylic acids is 3. The van der Waals surface area contributed by atoms with Gasteiger partial charge in [0.05, 0.1) is 32.8 Å². The lowest BCUT2D eigenvalue weighted by Gasteiger charge is -2.31. The number of esters is 1. The normalized spacial score (nSPS) is 20.1. The number of benzene rings is 3. The summed E-state index contributed by atoms with van der Waals surface area (Å²) in [4.78, 5) is 40.7. The molecule has 0 radical (unpaired) electrons. The molecule has 3 atom stereocenters. The second-order valence-electron chi connectivity index (χ2n) is 12.1. The molecule has 0 saturated carbocycles. The zero-order chi connectivity index (χ0) is 29.1. The molecule has 3 aromatic carbocycles. The van der Waals surface area contributed by atoms with E-state index in [9.17, 15) is 14.4 Å². The molecule has 8 heteroatoms. The highest BCUT2D eigenvalue weighted by atomic mass is 28.3. The summed E-state index contributed by atoms with van der Waals surface area (Å²) in [6.07, 6.45) is 4.02. The van der Waals surface area contributed by atoms with E-state index in [1.807, 2.05) is 48.5 Å². The Labute approximate surface area is 243 Å². The zero-order valence-corrected chi connectivity index (χ0v) is 25.1. The minimum absolute atomic E-state index is 0.0151. The molecule has 1 heterocycles. The van der Waals surface area contributed by atoms with E-state index in [0.717, 1.165) is 42.0 Å². The van der Waals surface area contributed by atoms with Crippen LogP contribution in [-0.2, 0) is 27.2 Å². The van der Waals surface area contributed by atoms with Crippen LogP contribution in [0.5, 0.6) is 0 Å². The van der Waals surface area contributed by atoms with Crippen molar-refractivity contribution in [2.75, 3.05) is 13.3 Å². The largest absolute Gasteiger partial charge is 0.465 e. The fourth-order valence-electron chi connectivity index (χ4n) is 6.21. The molecule has 3 aromatic rings. The third kappa shape index (κ3) is 6.44. The van der Waals surface area contributed by atoms with Crippen molar-refractivity contribution in [1.29, 1.82) is 0 Å². The summed E-state index contributed by atoms with van der Waals surface area (Å²) in [5.74, 6) is -0.587. The van der Waals surface area contributed by atoms with E-state index in [2.05, 4.69) is 30.5 Å². The Morgan fingerprint density at radius 2 is 1.66 bits per heavy atom. The summed E-state index contributed by atoms with van der Waals surface area (Å²) in [6.45, 7) is 4.47. The summed E-state index contributed by atoms with van der Waals surface area (Å²) < 4.78 is 4.77. The lowest BCUT2D eigenvalue weighted by Crippen LogP contribution is -2.52. The summed E-state index contributed by atoms with van der Waals surface area (Å²) in [5.41, 5.74) is 12.4. The molecule has 1 aliphatic carbocycles. The Morgan fingerprint density at radius 3 is 2.34 bits per heavy atom. The van der Waals surface area contributed by atoms with Crippen molar-refractivity contribution < 1.29 is 19.1 Å². The van der Waals surface area contributed by atoms with Gasteiger partial charge in [-0.05, 0) is 71.7 Å². The van der Waals surface area contributed by atoms with E-state index < -0.39 is 20.2 Å². The average Bonchev–Trinajstić information content (AvgIpc) is 3.32. The Kier molecular flexibility index (Phi) is 8.42. The number of aryl methyl sites for hydroxylation is 1. The third-order valence-corrected chi connectivity index (χ3v) is 11.0. The minimum Gasteiger partial charge on any atom is -0.465 e. The summed E-state index contributed by atoms with van der Waals surface area (Å²) in [5, 5.41) is 3.29. The molecular weight excluding hydrogens is 530 g/mol. The number of fused-ring (bicyclic) bond motifs is 1. The van der Waals surface area contributed by atoms with Gasteiger partial charge < -0.3 is 20.7 Å². The van der Waals surface area contributed by atoms with Crippen molar-refractivity contribution in [3.8, 4) is 11.1 Å². The van der Waals surface area contributed by atoms with Gasteiger partial charge in [-0.25, -0.2) is 4.79 Å². The molecule has 3 N–H and O–H groups in total. The van der Waals surface area contributed by atoms with Gasteiger partial charge in [0.2, 0.25) is 11.8 Å². The van der Waals surface area contributed by atoms with Crippen LogP contribution < -0.4 is 11.1 Å². The van der Waals surface area contributed by atoms with E-state index in [-0.39, 0.29) is 23.8 Å². The molecule has 5 rings (SSSR count). The number of nitrogens with two attached hydrogens (primary N) is 1. The van der Waals surface area contributed by atoms with Gasteiger partial charge in [-0.2, -0.15) is 0 Å². The van der Waals surface area contributed by atoms with E-state index >= 15 is 0 Å². The predicted molar refractivity (Wildman–Crippen MR) is 163 cm³/mol. The Balaban J connectivity index is 1.24. The lowest BCUT2D eigenvalue weighted by atomic mass is 9.87. The summed E-state index contributed by atoms with van der Waals surface area (Å²) >= 11 is 0. The number of amides is 2. The number of nitrogens with one attached hydrogen (secondary N) is 1. The van der Waals surface area contributed by atoms with Gasteiger partial charge in [-0.1, -0.05) is 73.8 Å². The number of methoxy groups -OCH3 is 1. The average molecular weight is 570 g/mol. The highest BCUT2D eigenvalue weighted by Crippen LogP contribution is 2.32. The lowest BCUT2D eigenvalue weighted by molar-refractivity contribution is -0.139. The first-order chi connectivity index (χ1) is 19.6.